The molecule has 4 heteroatoms. The highest BCUT2D eigenvalue weighted by Gasteiger charge is 2.23. The van der Waals surface area contributed by atoms with Gasteiger partial charge >= 0.3 is 11.8 Å². The average Bonchev–Trinajstić information content (AvgIpc) is 1.95. The molecule has 1 aliphatic rings. The number of hydrogen-bond acceptors (Lipinski definition) is 2. The van der Waals surface area contributed by atoms with Crippen molar-refractivity contribution in [3.05, 3.63) is 0 Å². The summed E-state index contributed by atoms with van der Waals surface area (Å²) >= 11 is 0. The smallest absolute Gasteiger partial charge is 0.311 e. The van der Waals surface area contributed by atoms with Crippen molar-refractivity contribution < 1.29 is 9.59 Å². The van der Waals surface area contributed by atoms with Crippen LogP contribution in [0.1, 0.15) is 6.92 Å². The predicted octanol–water partition coefficient (Wildman–Crippen LogP) is -1.04. The third-order valence-electron chi connectivity index (χ3n) is 1.53. The Morgan fingerprint density at radius 3 is 2.80 bits per heavy atom. The Morgan fingerprint density at radius 2 is 2.30 bits per heavy atom. The second-order valence-electron chi connectivity index (χ2n) is 2.14. The lowest BCUT2D eigenvalue weighted by atomic mass is 10.3. The molecule has 0 radical (unpaired) electrons. The van der Waals surface area contributed by atoms with Gasteiger partial charge in [-0.15, -0.1) is 0 Å². The summed E-state index contributed by atoms with van der Waals surface area (Å²) in [5.41, 5.74) is 0. The molecule has 0 aromatic heterocycles. The molecule has 0 aromatic rings. The zero-order valence-corrected chi connectivity index (χ0v) is 5.89. The van der Waals surface area contributed by atoms with E-state index >= 15 is 0 Å². The van der Waals surface area contributed by atoms with Gasteiger partial charge in [0.1, 0.15) is 0 Å². The summed E-state index contributed by atoms with van der Waals surface area (Å²) in [7, 11) is 0. The predicted molar refractivity (Wildman–Crippen MR) is 35.3 cm³/mol. The number of nitrogens with one attached hydrogen (secondary N) is 1. The van der Waals surface area contributed by atoms with Gasteiger partial charge in [-0.25, -0.2) is 0 Å². The summed E-state index contributed by atoms with van der Waals surface area (Å²) in [5, 5.41) is 2.47. The molecule has 2 amide bonds. The third kappa shape index (κ3) is 1.10. The summed E-state index contributed by atoms with van der Waals surface area (Å²) in [5.74, 6) is -0.887. The van der Waals surface area contributed by atoms with Crippen molar-refractivity contribution in [3.8, 4) is 0 Å². The second kappa shape index (κ2) is 2.68. The minimum atomic E-state index is -0.479. The van der Waals surface area contributed by atoms with Crippen LogP contribution in [0.3, 0.4) is 0 Å². The van der Waals surface area contributed by atoms with Gasteiger partial charge in [-0.2, -0.15) is 0 Å². The molecule has 0 atom stereocenters. The first-order chi connectivity index (χ1) is 4.75. The fraction of sp³-hybridized carbons (Fsp3) is 0.667. The number of amides is 2. The fourth-order valence-electron chi connectivity index (χ4n) is 0.927. The maximum Gasteiger partial charge on any atom is 0.311 e. The second-order valence-corrected chi connectivity index (χ2v) is 2.14. The maximum absolute atomic E-state index is 10.9. The average molecular weight is 142 g/mol. The van der Waals surface area contributed by atoms with Crippen LogP contribution in [0.15, 0.2) is 0 Å². The fourth-order valence-corrected chi connectivity index (χ4v) is 0.927. The van der Waals surface area contributed by atoms with E-state index in [-0.39, 0.29) is 0 Å². The summed E-state index contributed by atoms with van der Waals surface area (Å²) in [6, 6.07) is 0. The monoisotopic (exact) mass is 142 g/mol. The van der Waals surface area contributed by atoms with Gasteiger partial charge in [-0.1, -0.05) is 0 Å². The van der Waals surface area contributed by atoms with Crippen molar-refractivity contribution in [3.63, 3.8) is 0 Å². The van der Waals surface area contributed by atoms with Crippen LogP contribution in [-0.2, 0) is 9.59 Å². The standard InChI is InChI=1S/C6H10N2O2/c1-2-8-4-3-7-5(9)6(8)10/h2-4H2,1H3,(H,7,9). The largest absolute Gasteiger partial charge is 0.346 e. The Hall–Kier alpha value is -1.06. The number of carbonyl (C=O) groups excluding carboxylic acids is 2. The maximum atomic E-state index is 10.9. The Labute approximate surface area is 59.2 Å². The molecule has 1 fully saturated rings. The molecule has 10 heavy (non-hydrogen) atoms. The van der Waals surface area contributed by atoms with E-state index in [1.54, 1.807) is 0 Å². The Balaban J connectivity index is 2.60. The quantitative estimate of drug-likeness (QED) is 0.476. The van der Waals surface area contributed by atoms with Gasteiger partial charge in [0.25, 0.3) is 0 Å². The van der Waals surface area contributed by atoms with Crippen molar-refractivity contribution in [1.82, 2.24) is 10.2 Å². The summed E-state index contributed by atoms with van der Waals surface area (Å²) in [4.78, 5) is 23.1. The van der Waals surface area contributed by atoms with Crippen LogP contribution in [0.25, 0.3) is 0 Å². The van der Waals surface area contributed by atoms with Crippen LogP contribution in [-0.4, -0.2) is 36.3 Å². The van der Waals surface area contributed by atoms with Crippen molar-refractivity contribution in [2.24, 2.45) is 0 Å². The molecule has 56 valence electrons. The number of likely N-dealkylation sites (N-methyl/N-ethyl adjacent to an activating group) is 1. The zero-order valence-electron chi connectivity index (χ0n) is 5.89. The molecule has 1 aliphatic heterocycles. The first-order valence-electron chi connectivity index (χ1n) is 3.32. The molecular weight excluding hydrogens is 132 g/mol. The van der Waals surface area contributed by atoms with E-state index in [0.29, 0.717) is 19.6 Å². The summed E-state index contributed by atoms with van der Waals surface area (Å²) in [6.07, 6.45) is 0. The minimum Gasteiger partial charge on any atom is -0.346 e. The highest BCUT2D eigenvalue weighted by atomic mass is 16.2. The molecule has 1 rings (SSSR count). The SMILES string of the molecule is CCN1CCNC(=O)C1=O. The molecule has 0 aliphatic carbocycles. The van der Waals surface area contributed by atoms with Gasteiger partial charge in [0.05, 0.1) is 0 Å². The first kappa shape index (κ1) is 7.05. The number of nitrogens with zero attached hydrogens (tertiary/aromatic N) is 1. The molecule has 1 heterocycles. The lowest BCUT2D eigenvalue weighted by molar-refractivity contribution is -0.147. The number of carbonyl (C=O) groups is 2. The van der Waals surface area contributed by atoms with Crippen LogP contribution >= 0.6 is 0 Å². The molecule has 0 unspecified atom stereocenters. The van der Waals surface area contributed by atoms with Crippen LogP contribution in [0.5, 0.6) is 0 Å². The molecule has 0 saturated carbocycles. The lowest BCUT2D eigenvalue weighted by Crippen LogP contribution is -2.51. The van der Waals surface area contributed by atoms with Crippen LogP contribution in [0.4, 0.5) is 0 Å². The Morgan fingerprint density at radius 1 is 1.60 bits per heavy atom. The highest BCUT2D eigenvalue weighted by molar-refractivity contribution is 6.35. The third-order valence-corrected chi connectivity index (χ3v) is 1.53. The van der Waals surface area contributed by atoms with Crippen LogP contribution in [0.2, 0.25) is 0 Å². The van der Waals surface area contributed by atoms with E-state index in [4.69, 9.17) is 0 Å². The van der Waals surface area contributed by atoms with E-state index in [9.17, 15) is 9.59 Å². The summed E-state index contributed by atoms with van der Waals surface area (Å²) in [6.45, 7) is 3.70. The van der Waals surface area contributed by atoms with Crippen molar-refractivity contribution in [2.75, 3.05) is 19.6 Å². The van der Waals surface area contributed by atoms with Crippen molar-refractivity contribution in [2.45, 2.75) is 6.92 Å². The van der Waals surface area contributed by atoms with Crippen LogP contribution < -0.4 is 5.32 Å². The number of piperazine rings is 1. The van der Waals surface area contributed by atoms with Gasteiger partial charge in [-0.3, -0.25) is 9.59 Å². The summed E-state index contributed by atoms with van der Waals surface area (Å²) < 4.78 is 0. The van der Waals surface area contributed by atoms with Gasteiger partial charge in [0, 0.05) is 19.6 Å². The molecule has 0 spiro atoms. The van der Waals surface area contributed by atoms with Crippen LogP contribution in [0, 0.1) is 0 Å². The molecule has 4 nitrogen and oxygen atoms in total. The van der Waals surface area contributed by atoms with E-state index in [1.807, 2.05) is 6.92 Å². The van der Waals surface area contributed by atoms with E-state index in [0.717, 1.165) is 0 Å². The molecule has 1 saturated heterocycles. The Bertz CT molecular complexity index is 167. The number of hydrogen-bond donors (Lipinski definition) is 1. The lowest BCUT2D eigenvalue weighted by Gasteiger charge is -2.24. The topological polar surface area (TPSA) is 49.4 Å². The van der Waals surface area contributed by atoms with E-state index < -0.39 is 11.8 Å². The minimum absolute atomic E-state index is 0.409. The van der Waals surface area contributed by atoms with Crippen molar-refractivity contribution >= 4 is 11.8 Å². The molecular formula is C6H10N2O2. The Kier molecular flexibility index (Phi) is 1.89. The van der Waals surface area contributed by atoms with Gasteiger partial charge in [0.15, 0.2) is 0 Å². The number of rotatable bonds is 1. The highest BCUT2D eigenvalue weighted by Crippen LogP contribution is 1.93. The van der Waals surface area contributed by atoms with Crippen molar-refractivity contribution in [1.29, 1.82) is 0 Å². The van der Waals surface area contributed by atoms with Gasteiger partial charge in [0.2, 0.25) is 0 Å². The van der Waals surface area contributed by atoms with E-state index in [1.165, 1.54) is 4.90 Å². The van der Waals surface area contributed by atoms with Gasteiger partial charge in [-0.05, 0) is 6.92 Å². The first-order valence-corrected chi connectivity index (χ1v) is 3.32. The van der Waals surface area contributed by atoms with E-state index in [2.05, 4.69) is 5.32 Å². The molecule has 0 bridgehead atoms. The molecule has 1 N–H and O–H groups in total. The normalized spacial score (nSPS) is 19.1. The molecule has 0 aromatic carbocycles. The van der Waals surface area contributed by atoms with Gasteiger partial charge < -0.3 is 10.2 Å². The zero-order chi connectivity index (χ0) is 7.56.